The SMILES string of the molecule is NC(CN(CC1COc2ccccc21)C1CCCC1)=NO. The molecule has 5 heteroatoms. The second-order valence-corrected chi connectivity index (χ2v) is 6.00. The second kappa shape index (κ2) is 6.35. The molecule has 114 valence electrons. The lowest BCUT2D eigenvalue weighted by Gasteiger charge is -2.30. The first-order valence-electron chi connectivity index (χ1n) is 7.70. The van der Waals surface area contributed by atoms with E-state index in [2.05, 4.69) is 22.2 Å². The predicted octanol–water partition coefficient (Wildman–Crippen LogP) is 2.15. The number of nitrogens with two attached hydrogens (primary N) is 1. The molecule has 1 unspecified atom stereocenters. The highest BCUT2D eigenvalue weighted by Crippen LogP contribution is 2.35. The van der Waals surface area contributed by atoms with Gasteiger partial charge in [-0.15, -0.1) is 0 Å². The van der Waals surface area contributed by atoms with Gasteiger partial charge in [0.1, 0.15) is 5.75 Å². The van der Waals surface area contributed by atoms with Crippen molar-refractivity contribution < 1.29 is 9.94 Å². The minimum absolute atomic E-state index is 0.286. The maximum absolute atomic E-state index is 8.86. The Bertz CT molecular complexity index is 512. The van der Waals surface area contributed by atoms with Gasteiger partial charge in [0.25, 0.3) is 0 Å². The zero-order valence-corrected chi connectivity index (χ0v) is 12.2. The molecule has 0 saturated heterocycles. The largest absolute Gasteiger partial charge is 0.493 e. The fourth-order valence-corrected chi connectivity index (χ4v) is 3.52. The number of hydrogen-bond donors (Lipinski definition) is 2. The molecular weight excluding hydrogens is 266 g/mol. The molecule has 0 radical (unpaired) electrons. The van der Waals surface area contributed by atoms with Crippen LogP contribution in [0.25, 0.3) is 0 Å². The molecule has 0 bridgehead atoms. The lowest BCUT2D eigenvalue weighted by Crippen LogP contribution is -2.42. The van der Waals surface area contributed by atoms with Crippen LogP contribution in [0.2, 0.25) is 0 Å². The quantitative estimate of drug-likeness (QED) is 0.377. The number of rotatable bonds is 5. The average molecular weight is 289 g/mol. The van der Waals surface area contributed by atoms with Crippen LogP contribution in [-0.2, 0) is 0 Å². The Morgan fingerprint density at radius 2 is 2.10 bits per heavy atom. The summed E-state index contributed by atoms with van der Waals surface area (Å²) in [6.45, 7) is 2.15. The van der Waals surface area contributed by atoms with Crippen LogP contribution in [0.3, 0.4) is 0 Å². The monoisotopic (exact) mass is 289 g/mol. The number of fused-ring (bicyclic) bond motifs is 1. The van der Waals surface area contributed by atoms with Gasteiger partial charge in [0.15, 0.2) is 5.84 Å². The third kappa shape index (κ3) is 3.13. The van der Waals surface area contributed by atoms with Gasteiger partial charge in [-0.3, -0.25) is 4.90 Å². The molecule has 1 aromatic rings. The summed E-state index contributed by atoms with van der Waals surface area (Å²) >= 11 is 0. The van der Waals surface area contributed by atoms with E-state index in [1.54, 1.807) is 0 Å². The first kappa shape index (κ1) is 14.2. The van der Waals surface area contributed by atoms with Crippen molar-refractivity contribution in [3.8, 4) is 5.75 Å². The third-order valence-corrected chi connectivity index (χ3v) is 4.59. The van der Waals surface area contributed by atoms with Crippen molar-refractivity contribution in [3.63, 3.8) is 0 Å². The molecule has 1 saturated carbocycles. The Balaban J connectivity index is 1.72. The van der Waals surface area contributed by atoms with Crippen molar-refractivity contribution >= 4 is 5.84 Å². The van der Waals surface area contributed by atoms with Crippen LogP contribution >= 0.6 is 0 Å². The van der Waals surface area contributed by atoms with Gasteiger partial charge >= 0.3 is 0 Å². The average Bonchev–Trinajstić information content (AvgIpc) is 3.16. The highest BCUT2D eigenvalue weighted by Gasteiger charge is 2.30. The van der Waals surface area contributed by atoms with Crippen LogP contribution in [-0.4, -0.2) is 41.7 Å². The number of hydrogen-bond acceptors (Lipinski definition) is 4. The molecular formula is C16H23N3O2. The van der Waals surface area contributed by atoms with Crippen LogP contribution < -0.4 is 10.5 Å². The van der Waals surface area contributed by atoms with E-state index in [4.69, 9.17) is 15.7 Å². The molecule has 1 aromatic carbocycles. The fourth-order valence-electron chi connectivity index (χ4n) is 3.52. The lowest BCUT2D eigenvalue weighted by molar-refractivity contribution is 0.196. The molecule has 0 amide bonds. The van der Waals surface area contributed by atoms with E-state index >= 15 is 0 Å². The van der Waals surface area contributed by atoms with Gasteiger partial charge in [0.2, 0.25) is 0 Å². The number of amidine groups is 1. The van der Waals surface area contributed by atoms with Crippen molar-refractivity contribution in [1.29, 1.82) is 0 Å². The van der Waals surface area contributed by atoms with Crippen LogP contribution in [0.5, 0.6) is 5.75 Å². The number of ether oxygens (including phenoxy) is 1. The Labute approximate surface area is 125 Å². The van der Waals surface area contributed by atoms with E-state index in [0.29, 0.717) is 18.5 Å². The summed E-state index contributed by atoms with van der Waals surface area (Å²) < 4.78 is 5.77. The maximum Gasteiger partial charge on any atom is 0.153 e. The topological polar surface area (TPSA) is 71.1 Å². The van der Waals surface area contributed by atoms with E-state index in [1.165, 1.54) is 31.2 Å². The van der Waals surface area contributed by atoms with E-state index < -0.39 is 0 Å². The highest BCUT2D eigenvalue weighted by atomic mass is 16.5. The van der Waals surface area contributed by atoms with Crippen molar-refractivity contribution in [3.05, 3.63) is 29.8 Å². The zero-order chi connectivity index (χ0) is 14.7. The lowest BCUT2D eigenvalue weighted by atomic mass is 9.99. The summed E-state index contributed by atoms with van der Waals surface area (Å²) in [5.41, 5.74) is 7.02. The van der Waals surface area contributed by atoms with Gasteiger partial charge in [-0.05, 0) is 18.9 Å². The minimum atomic E-state index is 0.286. The zero-order valence-electron chi connectivity index (χ0n) is 12.2. The Hall–Kier alpha value is -1.75. The van der Waals surface area contributed by atoms with Crippen LogP contribution in [0.1, 0.15) is 37.2 Å². The van der Waals surface area contributed by atoms with E-state index in [9.17, 15) is 0 Å². The molecule has 21 heavy (non-hydrogen) atoms. The van der Waals surface area contributed by atoms with Crippen molar-refractivity contribution in [2.45, 2.75) is 37.6 Å². The van der Waals surface area contributed by atoms with Gasteiger partial charge in [-0.25, -0.2) is 0 Å². The third-order valence-electron chi connectivity index (χ3n) is 4.59. The molecule has 1 aliphatic heterocycles. The molecule has 3 N–H and O–H groups in total. The Morgan fingerprint density at radius 3 is 2.86 bits per heavy atom. The summed E-state index contributed by atoms with van der Waals surface area (Å²) in [6, 6.07) is 8.77. The molecule has 1 fully saturated rings. The summed E-state index contributed by atoms with van der Waals surface area (Å²) in [5, 5.41) is 12.0. The number of nitrogens with zero attached hydrogens (tertiary/aromatic N) is 2. The second-order valence-electron chi connectivity index (χ2n) is 6.00. The molecule has 0 spiro atoms. The molecule has 2 aliphatic rings. The van der Waals surface area contributed by atoms with Gasteiger partial charge < -0.3 is 15.7 Å². The molecule has 1 heterocycles. The summed E-state index contributed by atoms with van der Waals surface area (Å²) in [6.07, 6.45) is 4.95. The highest BCUT2D eigenvalue weighted by molar-refractivity contribution is 5.81. The molecule has 1 atom stereocenters. The maximum atomic E-state index is 8.86. The first-order chi connectivity index (χ1) is 10.3. The summed E-state index contributed by atoms with van der Waals surface area (Å²) in [7, 11) is 0. The number of benzene rings is 1. The van der Waals surface area contributed by atoms with E-state index in [-0.39, 0.29) is 5.84 Å². The van der Waals surface area contributed by atoms with Crippen LogP contribution in [0, 0.1) is 0 Å². The number of oxime groups is 1. The van der Waals surface area contributed by atoms with Crippen LogP contribution in [0.15, 0.2) is 29.4 Å². The Morgan fingerprint density at radius 1 is 1.33 bits per heavy atom. The molecule has 5 nitrogen and oxygen atoms in total. The fraction of sp³-hybridized carbons (Fsp3) is 0.562. The minimum Gasteiger partial charge on any atom is -0.493 e. The first-order valence-corrected chi connectivity index (χ1v) is 7.70. The van der Waals surface area contributed by atoms with Crippen molar-refractivity contribution in [2.75, 3.05) is 19.7 Å². The molecule has 0 aromatic heterocycles. The Kier molecular flexibility index (Phi) is 4.29. The summed E-state index contributed by atoms with van der Waals surface area (Å²) in [5.74, 6) is 1.65. The molecule has 1 aliphatic carbocycles. The standard InChI is InChI=1S/C16H23N3O2/c17-16(18-20)10-19(13-5-1-2-6-13)9-12-11-21-15-8-4-3-7-14(12)15/h3-4,7-8,12-13,20H,1-2,5-6,9-11H2,(H2,17,18). The smallest absolute Gasteiger partial charge is 0.153 e. The summed E-state index contributed by atoms with van der Waals surface area (Å²) in [4.78, 5) is 2.36. The van der Waals surface area contributed by atoms with Gasteiger partial charge in [-0.2, -0.15) is 0 Å². The van der Waals surface area contributed by atoms with Crippen molar-refractivity contribution in [2.24, 2.45) is 10.9 Å². The van der Waals surface area contributed by atoms with Crippen LogP contribution in [0.4, 0.5) is 0 Å². The normalized spacial score (nSPS) is 22.5. The van der Waals surface area contributed by atoms with E-state index in [0.717, 1.165) is 18.9 Å². The predicted molar refractivity (Wildman–Crippen MR) is 81.9 cm³/mol. The van der Waals surface area contributed by atoms with Gasteiger partial charge in [0.05, 0.1) is 13.2 Å². The number of para-hydroxylation sites is 1. The van der Waals surface area contributed by atoms with Crippen molar-refractivity contribution in [1.82, 2.24) is 4.90 Å². The molecule has 3 rings (SSSR count). The van der Waals surface area contributed by atoms with Gasteiger partial charge in [0, 0.05) is 24.1 Å². The van der Waals surface area contributed by atoms with E-state index in [1.807, 2.05) is 12.1 Å². The van der Waals surface area contributed by atoms with Gasteiger partial charge in [-0.1, -0.05) is 36.2 Å².